The maximum Gasteiger partial charge on any atom is 0.289 e. The summed E-state index contributed by atoms with van der Waals surface area (Å²) >= 11 is 6.56. The van der Waals surface area contributed by atoms with Crippen molar-refractivity contribution in [3.63, 3.8) is 0 Å². The molecule has 0 bridgehead atoms. The normalized spacial score (nSPS) is 19.6. The highest BCUT2D eigenvalue weighted by Crippen LogP contribution is 2.35. The van der Waals surface area contributed by atoms with Gasteiger partial charge in [-0.3, -0.25) is 9.59 Å². The minimum atomic E-state index is -0.0272. The van der Waals surface area contributed by atoms with E-state index in [1.807, 2.05) is 9.47 Å². The van der Waals surface area contributed by atoms with E-state index < -0.39 is 0 Å². The molecular formula is C28H37ClN4O2. The van der Waals surface area contributed by atoms with Crippen LogP contribution in [0.5, 0.6) is 0 Å². The molecule has 3 aliphatic rings. The van der Waals surface area contributed by atoms with Crippen LogP contribution in [0.3, 0.4) is 0 Å². The molecule has 1 aromatic carbocycles. The van der Waals surface area contributed by atoms with E-state index in [1.165, 1.54) is 18.4 Å². The quantitative estimate of drug-likeness (QED) is 0.523. The molecule has 0 radical (unpaired) electrons. The van der Waals surface area contributed by atoms with Crippen molar-refractivity contribution in [3.05, 3.63) is 40.8 Å². The van der Waals surface area contributed by atoms with E-state index in [2.05, 4.69) is 48.0 Å². The van der Waals surface area contributed by atoms with Crippen LogP contribution in [0.1, 0.15) is 80.9 Å². The maximum absolute atomic E-state index is 13.0. The Kier molecular flexibility index (Phi) is 7.19. The van der Waals surface area contributed by atoms with Crippen LogP contribution in [0.2, 0.25) is 5.15 Å². The first-order valence-electron chi connectivity index (χ1n) is 13.4. The Morgan fingerprint density at radius 1 is 1.03 bits per heavy atom. The number of carbonyl (C=O) groups is 2. The zero-order chi connectivity index (χ0) is 24.5. The molecule has 0 spiro atoms. The van der Waals surface area contributed by atoms with Crippen LogP contribution in [0.4, 0.5) is 0 Å². The van der Waals surface area contributed by atoms with Crippen LogP contribution in [0.15, 0.2) is 24.3 Å². The van der Waals surface area contributed by atoms with Crippen molar-refractivity contribution in [2.24, 2.45) is 11.8 Å². The molecule has 2 fully saturated rings. The summed E-state index contributed by atoms with van der Waals surface area (Å²) in [6.45, 7) is 8.23. The predicted octanol–water partition coefficient (Wildman–Crippen LogP) is 5.60. The minimum absolute atomic E-state index is 0.0272. The lowest BCUT2D eigenvalue weighted by Gasteiger charge is -2.34. The Balaban J connectivity index is 1.25. The van der Waals surface area contributed by atoms with E-state index in [4.69, 9.17) is 11.6 Å². The van der Waals surface area contributed by atoms with Crippen molar-refractivity contribution in [2.45, 2.75) is 71.3 Å². The third-order valence-corrected chi connectivity index (χ3v) is 8.40. The van der Waals surface area contributed by atoms with E-state index in [9.17, 15) is 9.59 Å². The van der Waals surface area contributed by atoms with Gasteiger partial charge in [-0.15, -0.1) is 0 Å². The van der Waals surface area contributed by atoms with Crippen LogP contribution in [0, 0.1) is 11.8 Å². The molecule has 0 atom stereocenters. The highest BCUT2D eigenvalue weighted by Gasteiger charge is 2.32. The number of likely N-dealkylation sites (tertiary alicyclic amines) is 1. The number of benzene rings is 1. The number of nitrogens with zero attached hydrogens (tertiary/aromatic N) is 4. The summed E-state index contributed by atoms with van der Waals surface area (Å²) in [5.74, 6) is 2.11. The van der Waals surface area contributed by atoms with E-state index in [-0.39, 0.29) is 11.8 Å². The molecule has 0 N–H and O–H groups in total. The molecular weight excluding hydrogens is 460 g/mol. The van der Waals surface area contributed by atoms with Crippen LogP contribution < -0.4 is 0 Å². The highest BCUT2D eigenvalue weighted by molar-refractivity contribution is 6.32. The van der Waals surface area contributed by atoms with Gasteiger partial charge in [0.2, 0.25) is 11.7 Å². The van der Waals surface area contributed by atoms with Crippen molar-refractivity contribution < 1.29 is 9.59 Å². The second-order valence-corrected chi connectivity index (χ2v) is 11.3. The number of amides is 2. The fourth-order valence-corrected chi connectivity index (χ4v) is 6.24. The smallest absolute Gasteiger partial charge is 0.289 e. The van der Waals surface area contributed by atoms with E-state index in [0.29, 0.717) is 41.8 Å². The molecule has 188 valence electrons. The molecule has 35 heavy (non-hydrogen) atoms. The Labute approximate surface area is 213 Å². The van der Waals surface area contributed by atoms with Gasteiger partial charge in [0.05, 0.1) is 5.69 Å². The Bertz CT molecular complexity index is 1060. The predicted molar refractivity (Wildman–Crippen MR) is 139 cm³/mol. The van der Waals surface area contributed by atoms with Gasteiger partial charge in [-0.1, -0.05) is 62.6 Å². The lowest BCUT2D eigenvalue weighted by Crippen LogP contribution is -2.41. The van der Waals surface area contributed by atoms with Crippen molar-refractivity contribution in [1.82, 2.24) is 19.4 Å². The number of halogens is 1. The molecule has 1 aromatic heterocycles. The Hall–Kier alpha value is -2.34. The average molecular weight is 497 g/mol. The van der Waals surface area contributed by atoms with Crippen LogP contribution >= 0.6 is 11.6 Å². The number of hydrogen-bond donors (Lipinski definition) is 0. The lowest BCUT2D eigenvalue weighted by atomic mass is 9.88. The van der Waals surface area contributed by atoms with Gasteiger partial charge < -0.3 is 14.4 Å². The number of carbonyl (C=O) groups excluding carboxylic acids is 2. The zero-order valence-electron chi connectivity index (χ0n) is 21.0. The molecule has 1 saturated carbocycles. The Morgan fingerprint density at radius 3 is 2.37 bits per heavy atom. The standard InChI is InChI=1S/C28H37ClN4O2/c1-19(2)11-14-32-17-18-33-24(25(29)30-26(33)28(32)35)22-9-7-20(8-10-22)21-12-15-31(16-13-21)27(34)23-5-3-4-6-23/h7-10,19,21,23H,3-6,11-18H2,1-2H3. The SMILES string of the molecule is CC(C)CCN1CCn2c(nc(Cl)c2-c2ccc(C3CCN(C(=O)C4CCCC4)CC3)cc2)C1=O. The molecule has 5 rings (SSSR count). The molecule has 1 saturated heterocycles. The van der Waals surface area contributed by atoms with E-state index in [0.717, 1.165) is 63.0 Å². The monoisotopic (exact) mass is 496 g/mol. The number of piperidine rings is 1. The third-order valence-electron chi connectivity index (χ3n) is 8.14. The third kappa shape index (κ3) is 5.00. The van der Waals surface area contributed by atoms with Crippen molar-refractivity contribution in [2.75, 3.05) is 26.2 Å². The van der Waals surface area contributed by atoms with Gasteiger partial charge in [-0.25, -0.2) is 4.98 Å². The minimum Gasteiger partial charge on any atom is -0.342 e. The summed E-state index contributed by atoms with van der Waals surface area (Å²) in [6.07, 6.45) is 7.57. The summed E-state index contributed by atoms with van der Waals surface area (Å²) in [6, 6.07) is 8.59. The maximum atomic E-state index is 13.0. The number of aromatic nitrogens is 2. The molecule has 2 amide bonds. The second kappa shape index (κ2) is 10.3. The van der Waals surface area contributed by atoms with E-state index in [1.54, 1.807) is 0 Å². The zero-order valence-corrected chi connectivity index (χ0v) is 21.8. The largest absolute Gasteiger partial charge is 0.342 e. The number of rotatable bonds is 6. The number of imidazole rings is 1. The first-order valence-corrected chi connectivity index (χ1v) is 13.7. The van der Waals surface area contributed by atoms with Crippen molar-refractivity contribution in [3.8, 4) is 11.3 Å². The van der Waals surface area contributed by atoms with Gasteiger partial charge in [0.15, 0.2) is 5.15 Å². The summed E-state index contributed by atoms with van der Waals surface area (Å²) in [5, 5.41) is 0.394. The van der Waals surface area contributed by atoms with Gasteiger partial charge in [0.1, 0.15) is 0 Å². The summed E-state index contributed by atoms with van der Waals surface area (Å²) in [4.78, 5) is 34.2. The van der Waals surface area contributed by atoms with Crippen LogP contribution in [-0.2, 0) is 11.3 Å². The molecule has 3 heterocycles. The molecule has 2 aliphatic heterocycles. The van der Waals surface area contributed by atoms with Gasteiger partial charge >= 0.3 is 0 Å². The number of fused-ring (bicyclic) bond motifs is 1. The van der Waals surface area contributed by atoms with Crippen LogP contribution in [0.25, 0.3) is 11.3 Å². The molecule has 7 heteroatoms. The number of hydrogen-bond acceptors (Lipinski definition) is 3. The molecule has 2 aromatic rings. The van der Waals surface area contributed by atoms with Crippen molar-refractivity contribution in [1.29, 1.82) is 0 Å². The van der Waals surface area contributed by atoms with Crippen molar-refractivity contribution >= 4 is 23.4 Å². The first-order chi connectivity index (χ1) is 16.9. The Morgan fingerprint density at radius 2 is 1.71 bits per heavy atom. The fraction of sp³-hybridized carbons (Fsp3) is 0.607. The molecule has 6 nitrogen and oxygen atoms in total. The summed E-state index contributed by atoms with van der Waals surface area (Å²) in [7, 11) is 0. The highest BCUT2D eigenvalue weighted by atomic mass is 35.5. The molecule has 0 unspecified atom stereocenters. The summed E-state index contributed by atoms with van der Waals surface area (Å²) in [5.41, 5.74) is 3.14. The molecule has 1 aliphatic carbocycles. The first kappa shape index (κ1) is 24.4. The van der Waals surface area contributed by atoms with Gasteiger partial charge in [0.25, 0.3) is 5.91 Å². The fourth-order valence-electron chi connectivity index (χ4n) is 5.95. The summed E-state index contributed by atoms with van der Waals surface area (Å²) < 4.78 is 1.98. The second-order valence-electron chi connectivity index (χ2n) is 10.9. The van der Waals surface area contributed by atoms with Crippen LogP contribution in [-0.4, -0.2) is 57.3 Å². The topological polar surface area (TPSA) is 58.4 Å². The van der Waals surface area contributed by atoms with Gasteiger partial charge in [-0.05, 0) is 49.5 Å². The van der Waals surface area contributed by atoms with E-state index >= 15 is 0 Å². The lowest BCUT2D eigenvalue weighted by molar-refractivity contribution is -0.136. The van der Waals surface area contributed by atoms with Gasteiger partial charge in [0, 0.05) is 44.2 Å². The average Bonchev–Trinajstić information content (AvgIpc) is 3.52. The van der Waals surface area contributed by atoms with Gasteiger partial charge in [-0.2, -0.15) is 0 Å².